The molecule has 0 bridgehead atoms. The summed E-state index contributed by atoms with van der Waals surface area (Å²) in [4.78, 5) is 8.58. The van der Waals surface area contributed by atoms with Crippen LogP contribution in [-0.2, 0) is 17.7 Å². The first-order valence-corrected chi connectivity index (χ1v) is 5.74. The maximum Gasteiger partial charge on any atom is 0.111 e. The lowest BCUT2D eigenvalue weighted by atomic mass is 10.4. The van der Waals surface area contributed by atoms with Gasteiger partial charge in [0.25, 0.3) is 0 Å². The molecule has 86 valence electrons. The predicted molar refractivity (Wildman–Crippen MR) is 63.8 cm³/mol. The maximum atomic E-state index is 5.77. The number of alkyl halides is 1. The van der Waals surface area contributed by atoms with Gasteiger partial charge in [-0.1, -0.05) is 0 Å². The molecule has 2 aromatic heterocycles. The molecule has 0 spiro atoms. The second kappa shape index (κ2) is 5.27. The van der Waals surface area contributed by atoms with Crippen molar-refractivity contribution in [2.24, 2.45) is 0 Å². The highest BCUT2D eigenvalue weighted by Gasteiger charge is 2.09. The van der Waals surface area contributed by atoms with Crippen molar-refractivity contribution in [1.29, 1.82) is 0 Å². The molecule has 0 N–H and O–H groups in total. The van der Waals surface area contributed by atoms with Gasteiger partial charge in [-0.25, -0.2) is 4.98 Å². The fourth-order valence-electron chi connectivity index (χ4n) is 1.74. The van der Waals surface area contributed by atoms with E-state index in [1.807, 2.05) is 6.07 Å². The highest BCUT2D eigenvalue weighted by Crippen LogP contribution is 2.15. The minimum absolute atomic E-state index is 0.573. The van der Waals surface area contributed by atoms with Crippen molar-refractivity contribution in [2.45, 2.75) is 13.0 Å². The van der Waals surface area contributed by atoms with Gasteiger partial charge in [0.15, 0.2) is 0 Å². The molecule has 0 saturated heterocycles. The Morgan fingerprint density at radius 1 is 1.50 bits per heavy atom. The first-order chi connectivity index (χ1) is 7.86. The van der Waals surface area contributed by atoms with Gasteiger partial charge in [-0.3, -0.25) is 4.98 Å². The van der Waals surface area contributed by atoms with E-state index in [4.69, 9.17) is 16.3 Å². The van der Waals surface area contributed by atoms with Crippen molar-refractivity contribution < 1.29 is 4.74 Å². The minimum Gasteiger partial charge on any atom is -0.383 e. The summed E-state index contributed by atoms with van der Waals surface area (Å²) >= 11 is 5.77. The number of methoxy groups -OCH3 is 1. The first kappa shape index (κ1) is 11.4. The molecular formula is C11H14ClN3O. The largest absolute Gasteiger partial charge is 0.383 e. The van der Waals surface area contributed by atoms with Crippen LogP contribution < -0.4 is 0 Å². The van der Waals surface area contributed by atoms with Gasteiger partial charge in [-0.15, -0.1) is 11.6 Å². The van der Waals surface area contributed by atoms with Gasteiger partial charge < -0.3 is 9.30 Å². The Morgan fingerprint density at radius 3 is 3.12 bits per heavy atom. The second-order valence-corrected chi connectivity index (χ2v) is 3.85. The predicted octanol–water partition coefficient (Wildman–Crippen LogP) is 1.86. The van der Waals surface area contributed by atoms with E-state index in [9.17, 15) is 0 Å². The van der Waals surface area contributed by atoms with Gasteiger partial charge in [0, 0.05) is 32.2 Å². The zero-order chi connectivity index (χ0) is 11.4. The Morgan fingerprint density at radius 2 is 2.38 bits per heavy atom. The lowest BCUT2D eigenvalue weighted by molar-refractivity contribution is 0.187. The maximum absolute atomic E-state index is 5.77. The molecule has 16 heavy (non-hydrogen) atoms. The Kier molecular flexibility index (Phi) is 3.74. The number of hydrogen-bond donors (Lipinski definition) is 0. The molecule has 0 saturated carbocycles. The molecule has 0 unspecified atom stereocenters. The Hall–Kier alpha value is -1.13. The van der Waals surface area contributed by atoms with E-state index in [1.165, 1.54) is 0 Å². The van der Waals surface area contributed by atoms with Crippen molar-refractivity contribution in [3.8, 4) is 0 Å². The minimum atomic E-state index is 0.573. The fourth-order valence-corrected chi connectivity index (χ4v) is 1.91. The SMILES string of the molecule is COCCn1c(CCCl)nc2cnccc21. The lowest BCUT2D eigenvalue weighted by Gasteiger charge is -2.07. The number of rotatable bonds is 5. The van der Waals surface area contributed by atoms with Crippen LogP contribution in [0.5, 0.6) is 0 Å². The molecule has 5 heteroatoms. The molecule has 0 amide bonds. The molecule has 2 aromatic rings. The van der Waals surface area contributed by atoms with Crippen molar-refractivity contribution in [1.82, 2.24) is 14.5 Å². The van der Waals surface area contributed by atoms with Crippen LogP contribution in [0.1, 0.15) is 5.82 Å². The summed E-state index contributed by atoms with van der Waals surface area (Å²) in [7, 11) is 1.70. The molecule has 0 aliphatic carbocycles. The second-order valence-electron chi connectivity index (χ2n) is 3.48. The highest BCUT2D eigenvalue weighted by atomic mass is 35.5. The van der Waals surface area contributed by atoms with E-state index in [0.29, 0.717) is 12.5 Å². The van der Waals surface area contributed by atoms with Crippen LogP contribution in [-0.4, -0.2) is 34.1 Å². The van der Waals surface area contributed by atoms with Gasteiger partial charge >= 0.3 is 0 Å². The van der Waals surface area contributed by atoms with Crippen molar-refractivity contribution in [3.05, 3.63) is 24.3 Å². The number of ether oxygens (including phenoxy) is 1. The van der Waals surface area contributed by atoms with E-state index in [2.05, 4.69) is 14.5 Å². The van der Waals surface area contributed by atoms with Crippen LogP contribution in [0.4, 0.5) is 0 Å². The molecular weight excluding hydrogens is 226 g/mol. The van der Waals surface area contributed by atoms with Gasteiger partial charge in [0.2, 0.25) is 0 Å². The number of pyridine rings is 1. The van der Waals surface area contributed by atoms with E-state index < -0.39 is 0 Å². The Labute approximate surface area is 99.2 Å². The third-order valence-electron chi connectivity index (χ3n) is 2.47. The molecule has 0 aromatic carbocycles. The summed E-state index contributed by atoms with van der Waals surface area (Å²) in [6.07, 6.45) is 4.31. The van der Waals surface area contributed by atoms with E-state index in [-0.39, 0.29) is 0 Å². The lowest BCUT2D eigenvalue weighted by Crippen LogP contribution is -2.08. The molecule has 4 nitrogen and oxygen atoms in total. The van der Waals surface area contributed by atoms with Crippen LogP contribution in [0, 0.1) is 0 Å². The third-order valence-corrected chi connectivity index (χ3v) is 2.66. The van der Waals surface area contributed by atoms with Crippen molar-refractivity contribution >= 4 is 22.6 Å². The fraction of sp³-hybridized carbons (Fsp3) is 0.455. The number of fused-ring (bicyclic) bond motifs is 1. The van der Waals surface area contributed by atoms with Crippen molar-refractivity contribution in [2.75, 3.05) is 19.6 Å². The standard InChI is InChI=1S/C11H14ClN3O/c1-16-7-6-15-10-3-5-13-8-9(10)14-11(15)2-4-12/h3,5,8H,2,4,6-7H2,1H3. The molecule has 0 radical (unpaired) electrons. The smallest absolute Gasteiger partial charge is 0.111 e. The summed E-state index contributed by atoms with van der Waals surface area (Å²) < 4.78 is 7.24. The molecule has 0 aliphatic rings. The Bertz CT molecular complexity index is 469. The average Bonchev–Trinajstić information content (AvgIpc) is 2.65. The molecule has 2 rings (SSSR count). The van der Waals surface area contributed by atoms with Gasteiger partial charge in [-0.2, -0.15) is 0 Å². The molecule has 0 aliphatic heterocycles. The molecule has 0 atom stereocenters. The summed E-state index contributed by atoms with van der Waals surface area (Å²) in [6, 6.07) is 1.97. The summed E-state index contributed by atoms with van der Waals surface area (Å²) in [6.45, 7) is 1.46. The zero-order valence-electron chi connectivity index (χ0n) is 9.19. The number of imidazole rings is 1. The topological polar surface area (TPSA) is 39.9 Å². The quantitative estimate of drug-likeness (QED) is 0.748. The third kappa shape index (κ3) is 2.18. The Balaban J connectivity index is 2.42. The zero-order valence-corrected chi connectivity index (χ0v) is 9.94. The van der Waals surface area contributed by atoms with Gasteiger partial charge in [0.1, 0.15) is 11.3 Å². The molecule has 2 heterocycles. The van der Waals surface area contributed by atoms with Gasteiger partial charge in [-0.05, 0) is 6.07 Å². The van der Waals surface area contributed by atoms with E-state index >= 15 is 0 Å². The van der Waals surface area contributed by atoms with Crippen LogP contribution in [0.15, 0.2) is 18.5 Å². The van der Waals surface area contributed by atoms with Crippen molar-refractivity contribution in [3.63, 3.8) is 0 Å². The van der Waals surface area contributed by atoms with E-state index in [0.717, 1.165) is 29.8 Å². The van der Waals surface area contributed by atoms with Crippen LogP contribution >= 0.6 is 11.6 Å². The summed E-state index contributed by atoms with van der Waals surface area (Å²) in [5, 5.41) is 0. The monoisotopic (exact) mass is 239 g/mol. The summed E-state index contributed by atoms with van der Waals surface area (Å²) in [5.41, 5.74) is 2.01. The molecule has 0 fully saturated rings. The number of aryl methyl sites for hydroxylation is 1. The number of halogens is 1. The highest BCUT2D eigenvalue weighted by molar-refractivity contribution is 6.17. The number of aromatic nitrogens is 3. The van der Waals surface area contributed by atoms with Gasteiger partial charge in [0.05, 0.1) is 18.3 Å². The number of nitrogens with zero attached hydrogens (tertiary/aromatic N) is 3. The van der Waals surface area contributed by atoms with Crippen LogP contribution in [0.25, 0.3) is 11.0 Å². The van der Waals surface area contributed by atoms with E-state index in [1.54, 1.807) is 19.5 Å². The van der Waals surface area contributed by atoms with Crippen LogP contribution in [0.3, 0.4) is 0 Å². The van der Waals surface area contributed by atoms with Crippen LogP contribution in [0.2, 0.25) is 0 Å². The average molecular weight is 240 g/mol. The first-order valence-electron chi connectivity index (χ1n) is 5.21. The normalized spacial score (nSPS) is 11.1. The number of hydrogen-bond acceptors (Lipinski definition) is 3. The summed E-state index contributed by atoms with van der Waals surface area (Å²) in [5.74, 6) is 1.57.